The molecule has 0 aromatic heterocycles. The minimum absolute atomic E-state index is 0.539. The Hall–Kier alpha value is -2.47. The van der Waals surface area contributed by atoms with E-state index in [1.807, 2.05) is 24.3 Å². The fraction of sp³-hybridized carbons (Fsp3) is 0.133. The van der Waals surface area contributed by atoms with E-state index in [9.17, 15) is 0 Å². The van der Waals surface area contributed by atoms with E-state index >= 15 is 0 Å². The van der Waals surface area contributed by atoms with Crippen molar-refractivity contribution in [3.63, 3.8) is 0 Å². The minimum atomic E-state index is 0.539. The first-order valence-electron chi connectivity index (χ1n) is 5.77. The van der Waals surface area contributed by atoms with Gasteiger partial charge in [0, 0.05) is 11.4 Å². The smallest absolute Gasteiger partial charge is 0.101 e. The quantitative estimate of drug-likeness (QED) is 0.751. The zero-order valence-electron chi connectivity index (χ0n) is 10.4. The number of anilines is 2. The maximum atomic E-state index is 8.39. The standard InChI is InChI=1S/C8H11N.C7H6N2/c1-2-7-5-3-4-6-8(7)9;8-5-6-3-1-2-4-7(6)9/h3-6H,2,9H2,1H3;1-4H,9H2. The summed E-state index contributed by atoms with van der Waals surface area (Å²) in [5.74, 6) is 0. The molecule has 0 heterocycles. The Morgan fingerprint density at radius 3 is 1.89 bits per heavy atom. The van der Waals surface area contributed by atoms with E-state index in [0.717, 1.165) is 12.1 Å². The third-order valence-electron chi connectivity index (χ3n) is 2.52. The normalized spacial score (nSPS) is 8.89. The highest BCUT2D eigenvalue weighted by atomic mass is 14.6. The molecule has 0 aliphatic heterocycles. The molecule has 2 aromatic rings. The van der Waals surface area contributed by atoms with Gasteiger partial charge < -0.3 is 11.5 Å². The molecule has 2 aromatic carbocycles. The summed E-state index contributed by atoms with van der Waals surface area (Å²) in [7, 11) is 0. The predicted molar refractivity (Wildman–Crippen MR) is 75.8 cm³/mol. The first-order valence-corrected chi connectivity index (χ1v) is 5.77. The number of para-hydroxylation sites is 2. The average Bonchev–Trinajstić information content (AvgIpc) is 2.41. The molecule has 0 atom stereocenters. The van der Waals surface area contributed by atoms with Crippen LogP contribution in [-0.4, -0.2) is 0 Å². The second-order valence-corrected chi connectivity index (χ2v) is 3.75. The van der Waals surface area contributed by atoms with Crippen LogP contribution < -0.4 is 11.5 Å². The van der Waals surface area contributed by atoms with Crippen molar-refractivity contribution in [3.8, 4) is 6.07 Å². The zero-order chi connectivity index (χ0) is 13.4. The zero-order valence-corrected chi connectivity index (χ0v) is 10.4. The summed E-state index contributed by atoms with van der Waals surface area (Å²) in [6.45, 7) is 2.10. The molecule has 4 N–H and O–H groups in total. The molecule has 0 amide bonds. The molecular formula is C15H17N3. The van der Waals surface area contributed by atoms with Crippen LogP contribution in [0.1, 0.15) is 18.1 Å². The number of nitrogens with zero attached hydrogens (tertiary/aromatic N) is 1. The fourth-order valence-electron chi connectivity index (χ4n) is 1.45. The van der Waals surface area contributed by atoms with Crippen molar-refractivity contribution in [1.82, 2.24) is 0 Å². The third kappa shape index (κ3) is 3.84. The van der Waals surface area contributed by atoms with Crippen molar-refractivity contribution in [2.45, 2.75) is 13.3 Å². The number of hydrogen-bond donors (Lipinski definition) is 2. The van der Waals surface area contributed by atoms with Crippen molar-refractivity contribution in [2.75, 3.05) is 11.5 Å². The lowest BCUT2D eigenvalue weighted by Crippen LogP contribution is -1.90. The number of benzene rings is 2. The van der Waals surface area contributed by atoms with Crippen molar-refractivity contribution < 1.29 is 0 Å². The SMILES string of the molecule is CCc1ccccc1N.N#Cc1ccccc1N. The van der Waals surface area contributed by atoms with Crippen LogP contribution in [-0.2, 0) is 6.42 Å². The van der Waals surface area contributed by atoms with Crippen molar-refractivity contribution >= 4 is 11.4 Å². The highest BCUT2D eigenvalue weighted by Gasteiger charge is 1.91. The topological polar surface area (TPSA) is 75.8 Å². The van der Waals surface area contributed by atoms with Gasteiger partial charge in [-0.2, -0.15) is 5.26 Å². The number of hydrogen-bond acceptors (Lipinski definition) is 3. The van der Waals surface area contributed by atoms with Crippen LogP contribution in [0.4, 0.5) is 11.4 Å². The Kier molecular flexibility index (Phi) is 5.27. The Bertz CT molecular complexity index is 535. The third-order valence-corrected chi connectivity index (χ3v) is 2.52. The second-order valence-electron chi connectivity index (χ2n) is 3.75. The lowest BCUT2D eigenvalue weighted by atomic mass is 10.1. The van der Waals surface area contributed by atoms with Gasteiger partial charge in [-0.15, -0.1) is 0 Å². The molecule has 18 heavy (non-hydrogen) atoms. The van der Waals surface area contributed by atoms with Crippen LogP contribution in [0.3, 0.4) is 0 Å². The Morgan fingerprint density at radius 2 is 1.50 bits per heavy atom. The first kappa shape index (κ1) is 13.6. The molecule has 0 saturated carbocycles. The van der Waals surface area contributed by atoms with Crippen molar-refractivity contribution in [3.05, 3.63) is 59.7 Å². The van der Waals surface area contributed by atoms with Crippen molar-refractivity contribution in [2.24, 2.45) is 0 Å². The van der Waals surface area contributed by atoms with Gasteiger partial charge in [-0.05, 0) is 30.2 Å². The van der Waals surface area contributed by atoms with Crippen molar-refractivity contribution in [1.29, 1.82) is 5.26 Å². The number of nitrogen functional groups attached to an aromatic ring is 2. The molecule has 92 valence electrons. The van der Waals surface area contributed by atoms with E-state index < -0.39 is 0 Å². The monoisotopic (exact) mass is 239 g/mol. The molecule has 0 unspecified atom stereocenters. The average molecular weight is 239 g/mol. The van der Waals surface area contributed by atoms with E-state index in [2.05, 4.69) is 13.0 Å². The molecular weight excluding hydrogens is 222 g/mol. The molecule has 0 aliphatic rings. The summed E-state index contributed by atoms with van der Waals surface area (Å²) < 4.78 is 0. The Labute approximate surface area is 108 Å². The lowest BCUT2D eigenvalue weighted by Gasteiger charge is -1.98. The van der Waals surface area contributed by atoms with E-state index in [0.29, 0.717) is 11.3 Å². The van der Waals surface area contributed by atoms with E-state index in [-0.39, 0.29) is 0 Å². The Balaban J connectivity index is 0.000000180. The molecule has 0 spiro atoms. The van der Waals surface area contributed by atoms with Gasteiger partial charge in [0.1, 0.15) is 6.07 Å². The summed E-state index contributed by atoms with van der Waals surface area (Å²) in [5.41, 5.74) is 14.3. The maximum absolute atomic E-state index is 8.39. The number of aryl methyl sites for hydroxylation is 1. The predicted octanol–water partition coefficient (Wildman–Crippen LogP) is 2.97. The van der Waals surface area contributed by atoms with Gasteiger partial charge >= 0.3 is 0 Å². The van der Waals surface area contributed by atoms with Crippen LogP contribution in [0.2, 0.25) is 0 Å². The van der Waals surface area contributed by atoms with Crippen LogP contribution in [0.25, 0.3) is 0 Å². The molecule has 0 aliphatic carbocycles. The van der Waals surface area contributed by atoms with Crippen LogP contribution >= 0.6 is 0 Å². The minimum Gasteiger partial charge on any atom is -0.399 e. The molecule has 3 heteroatoms. The summed E-state index contributed by atoms with van der Waals surface area (Å²) in [5, 5.41) is 8.39. The second kappa shape index (κ2) is 6.97. The Morgan fingerprint density at radius 1 is 0.944 bits per heavy atom. The maximum Gasteiger partial charge on any atom is 0.101 e. The van der Waals surface area contributed by atoms with Gasteiger partial charge in [0.25, 0.3) is 0 Å². The first-order chi connectivity index (χ1) is 8.69. The van der Waals surface area contributed by atoms with Crippen LogP contribution in [0.15, 0.2) is 48.5 Å². The highest BCUT2D eigenvalue weighted by Crippen LogP contribution is 2.09. The van der Waals surface area contributed by atoms with E-state index in [4.69, 9.17) is 16.7 Å². The molecule has 0 radical (unpaired) electrons. The van der Waals surface area contributed by atoms with Crippen LogP contribution in [0, 0.1) is 11.3 Å². The highest BCUT2D eigenvalue weighted by molar-refractivity contribution is 5.53. The summed E-state index contributed by atoms with van der Waals surface area (Å²) in [6, 6.07) is 16.9. The largest absolute Gasteiger partial charge is 0.399 e. The molecule has 3 nitrogen and oxygen atoms in total. The fourth-order valence-corrected chi connectivity index (χ4v) is 1.45. The number of nitriles is 1. The molecule has 2 rings (SSSR count). The van der Waals surface area contributed by atoms with Gasteiger partial charge in [0.2, 0.25) is 0 Å². The van der Waals surface area contributed by atoms with Gasteiger partial charge in [-0.25, -0.2) is 0 Å². The van der Waals surface area contributed by atoms with E-state index in [1.54, 1.807) is 24.3 Å². The van der Waals surface area contributed by atoms with Gasteiger partial charge in [-0.3, -0.25) is 0 Å². The number of rotatable bonds is 1. The van der Waals surface area contributed by atoms with Gasteiger partial charge in [0.05, 0.1) is 5.56 Å². The summed E-state index contributed by atoms with van der Waals surface area (Å²) in [4.78, 5) is 0. The van der Waals surface area contributed by atoms with E-state index in [1.165, 1.54) is 5.56 Å². The van der Waals surface area contributed by atoms with Crippen LogP contribution in [0.5, 0.6) is 0 Å². The summed E-state index contributed by atoms with van der Waals surface area (Å²) in [6.07, 6.45) is 1.02. The number of nitrogens with two attached hydrogens (primary N) is 2. The molecule has 0 fully saturated rings. The molecule has 0 saturated heterocycles. The summed E-state index contributed by atoms with van der Waals surface area (Å²) >= 11 is 0. The molecule has 0 bridgehead atoms. The van der Waals surface area contributed by atoms with Gasteiger partial charge in [0.15, 0.2) is 0 Å². The van der Waals surface area contributed by atoms with Gasteiger partial charge in [-0.1, -0.05) is 37.3 Å². The lowest BCUT2D eigenvalue weighted by molar-refractivity contribution is 1.14.